The van der Waals surface area contributed by atoms with Gasteiger partial charge in [0.05, 0.1) is 5.30 Å². The van der Waals surface area contributed by atoms with Crippen LogP contribution in [0.2, 0.25) is 0 Å². The van der Waals surface area contributed by atoms with E-state index in [0.29, 0.717) is 30.5 Å². The molecule has 142 valence electrons. The van der Waals surface area contributed by atoms with Crippen molar-refractivity contribution in [2.45, 2.75) is 51.3 Å². The maximum atomic E-state index is 12.7. The van der Waals surface area contributed by atoms with Crippen LogP contribution in [0.25, 0.3) is 0 Å². The van der Waals surface area contributed by atoms with Gasteiger partial charge < -0.3 is 15.1 Å². The normalized spacial score (nSPS) is 12.0. The SMILES string of the molecule is CCCCNC(=O)NS(=O)(=O)c1c(P(=O)(O)O)ccc(CC)c1CC. The minimum atomic E-state index is -4.84. The quantitative estimate of drug-likeness (QED) is 0.390. The Morgan fingerprint density at radius 3 is 2.28 bits per heavy atom. The Morgan fingerprint density at radius 2 is 1.80 bits per heavy atom. The highest BCUT2D eigenvalue weighted by molar-refractivity contribution is 7.90. The van der Waals surface area contributed by atoms with Crippen molar-refractivity contribution in [2.75, 3.05) is 6.54 Å². The Balaban J connectivity index is 3.41. The van der Waals surface area contributed by atoms with Crippen LogP contribution in [-0.2, 0) is 27.4 Å². The van der Waals surface area contributed by atoms with Crippen LogP contribution in [0.15, 0.2) is 17.0 Å². The predicted octanol–water partition coefficient (Wildman–Crippen LogP) is 1.40. The van der Waals surface area contributed by atoms with Gasteiger partial charge in [-0.25, -0.2) is 17.9 Å². The van der Waals surface area contributed by atoms with Gasteiger partial charge in [0.2, 0.25) is 0 Å². The van der Waals surface area contributed by atoms with Gasteiger partial charge in [0.25, 0.3) is 10.0 Å². The highest BCUT2D eigenvalue weighted by atomic mass is 32.2. The van der Waals surface area contributed by atoms with Crippen molar-refractivity contribution in [1.82, 2.24) is 10.0 Å². The van der Waals surface area contributed by atoms with E-state index in [-0.39, 0.29) is 6.42 Å². The van der Waals surface area contributed by atoms with Gasteiger partial charge >= 0.3 is 13.6 Å². The van der Waals surface area contributed by atoms with E-state index in [9.17, 15) is 27.6 Å². The van der Waals surface area contributed by atoms with E-state index in [1.165, 1.54) is 6.07 Å². The topological polar surface area (TPSA) is 133 Å². The van der Waals surface area contributed by atoms with E-state index in [1.54, 1.807) is 6.92 Å². The first-order chi connectivity index (χ1) is 11.6. The maximum absolute atomic E-state index is 12.7. The molecule has 2 amide bonds. The molecule has 1 aromatic carbocycles. The summed E-state index contributed by atoms with van der Waals surface area (Å²) >= 11 is 0. The Morgan fingerprint density at radius 1 is 1.16 bits per heavy atom. The zero-order valence-electron chi connectivity index (χ0n) is 14.6. The third-order valence-corrected chi connectivity index (χ3v) is 6.31. The van der Waals surface area contributed by atoms with Crippen molar-refractivity contribution in [1.29, 1.82) is 0 Å². The maximum Gasteiger partial charge on any atom is 0.357 e. The molecular weight excluding hydrogens is 367 g/mol. The zero-order chi connectivity index (χ0) is 19.3. The number of carbonyl (C=O) groups excluding carboxylic acids is 1. The van der Waals surface area contributed by atoms with E-state index in [1.807, 2.05) is 18.6 Å². The van der Waals surface area contributed by atoms with Gasteiger partial charge in [-0.2, -0.15) is 0 Å². The molecule has 0 saturated heterocycles. The smallest absolute Gasteiger partial charge is 0.337 e. The molecule has 25 heavy (non-hydrogen) atoms. The third-order valence-electron chi connectivity index (χ3n) is 3.70. The lowest BCUT2D eigenvalue weighted by atomic mass is 10.0. The van der Waals surface area contributed by atoms with Crippen molar-refractivity contribution in [3.63, 3.8) is 0 Å². The highest BCUT2D eigenvalue weighted by Crippen LogP contribution is 2.38. The first-order valence-corrected chi connectivity index (χ1v) is 11.2. The number of hydrogen-bond donors (Lipinski definition) is 4. The van der Waals surface area contributed by atoms with Crippen LogP contribution < -0.4 is 15.3 Å². The van der Waals surface area contributed by atoms with Gasteiger partial charge in [0.15, 0.2) is 0 Å². The number of sulfonamides is 1. The van der Waals surface area contributed by atoms with Crippen molar-refractivity contribution in [3.8, 4) is 0 Å². The molecule has 0 unspecified atom stereocenters. The molecule has 0 bridgehead atoms. The fourth-order valence-electron chi connectivity index (χ4n) is 2.49. The van der Waals surface area contributed by atoms with Crippen LogP contribution in [0, 0.1) is 0 Å². The lowest BCUT2D eigenvalue weighted by Gasteiger charge is -2.18. The molecule has 4 N–H and O–H groups in total. The second kappa shape index (κ2) is 8.80. The van der Waals surface area contributed by atoms with E-state index in [2.05, 4.69) is 5.32 Å². The molecule has 0 radical (unpaired) electrons. The molecule has 1 aromatic rings. The van der Waals surface area contributed by atoms with Gasteiger partial charge in [-0.05, 0) is 36.5 Å². The summed E-state index contributed by atoms with van der Waals surface area (Å²) in [6.07, 6.45) is 2.27. The molecule has 0 spiro atoms. The first-order valence-electron chi connectivity index (χ1n) is 8.09. The molecule has 1 rings (SSSR count). The second-order valence-corrected chi connectivity index (χ2v) is 8.71. The van der Waals surface area contributed by atoms with Crippen molar-refractivity contribution in [2.24, 2.45) is 0 Å². The number of nitrogens with one attached hydrogen (secondary N) is 2. The Kier molecular flexibility index (Phi) is 7.62. The van der Waals surface area contributed by atoms with Crippen LogP contribution in [-0.4, -0.2) is 30.8 Å². The summed E-state index contributed by atoms with van der Waals surface area (Å²) in [5.74, 6) is 0. The number of unbranched alkanes of at least 4 members (excludes halogenated alkanes) is 1. The number of rotatable bonds is 8. The molecule has 0 aliphatic rings. The van der Waals surface area contributed by atoms with Crippen molar-refractivity contribution < 1.29 is 27.6 Å². The van der Waals surface area contributed by atoms with Crippen molar-refractivity contribution >= 4 is 29.0 Å². The Hall–Kier alpha value is -1.41. The number of hydrogen-bond acceptors (Lipinski definition) is 4. The Bertz CT molecular complexity index is 772. The highest BCUT2D eigenvalue weighted by Gasteiger charge is 2.33. The van der Waals surface area contributed by atoms with Gasteiger partial charge in [0.1, 0.15) is 4.90 Å². The molecule has 0 fully saturated rings. The summed E-state index contributed by atoms with van der Waals surface area (Å²) in [5, 5.41) is 1.81. The summed E-state index contributed by atoms with van der Waals surface area (Å²) in [7, 11) is -9.28. The van der Waals surface area contributed by atoms with Crippen molar-refractivity contribution in [3.05, 3.63) is 23.3 Å². The summed E-state index contributed by atoms with van der Waals surface area (Å²) in [6, 6.07) is 1.70. The minimum Gasteiger partial charge on any atom is -0.337 e. The van der Waals surface area contributed by atoms with Crippen LogP contribution in [0.1, 0.15) is 44.7 Å². The molecule has 8 nitrogen and oxygen atoms in total. The van der Waals surface area contributed by atoms with E-state index in [4.69, 9.17) is 0 Å². The van der Waals surface area contributed by atoms with E-state index < -0.39 is 33.9 Å². The average Bonchev–Trinajstić information content (AvgIpc) is 2.52. The number of amides is 2. The van der Waals surface area contributed by atoms with Gasteiger partial charge in [-0.15, -0.1) is 0 Å². The molecule has 0 aliphatic carbocycles. The van der Waals surface area contributed by atoms with Crippen LogP contribution in [0.5, 0.6) is 0 Å². The average molecular weight is 392 g/mol. The fourth-order valence-corrected chi connectivity index (χ4v) is 5.24. The van der Waals surface area contributed by atoms with Crippen LogP contribution in [0.4, 0.5) is 4.79 Å². The first kappa shape index (κ1) is 21.6. The lowest BCUT2D eigenvalue weighted by Crippen LogP contribution is -2.41. The summed E-state index contributed by atoms with van der Waals surface area (Å²) in [6.45, 7) is 5.73. The third kappa shape index (κ3) is 5.54. The molecule has 0 heterocycles. The number of benzene rings is 1. The minimum absolute atomic E-state index is 0.255. The largest absolute Gasteiger partial charge is 0.357 e. The second-order valence-electron chi connectivity index (χ2n) is 5.52. The molecular formula is C15H25N2O6PS. The predicted molar refractivity (Wildman–Crippen MR) is 95.5 cm³/mol. The number of carbonyl (C=O) groups is 1. The molecule has 0 atom stereocenters. The van der Waals surface area contributed by atoms with E-state index >= 15 is 0 Å². The summed E-state index contributed by atoms with van der Waals surface area (Å²) in [5.41, 5.74) is 0.962. The van der Waals surface area contributed by atoms with Crippen LogP contribution in [0.3, 0.4) is 0 Å². The Labute approximate surface area is 148 Å². The van der Waals surface area contributed by atoms with Gasteiger partial charge in [0, 0.05) is 6.54 Å². The monoisotopic (exact) mass is 392 g/mol. The van der Waals surface area contributed by atoms with E-state index in [0.717, 1.165) is 12.5 Å². The lowest BCUT2D eigenvalue weighted by molar-refractivity contribution is 0.245. The number of aryl methyl sites for hydroxylation is 1. The zero-order valence-corrected chi connectivity index (χ0v) is 16.3. The molecule has 0 saturated carbocycles. The fraction of sp³-hybridized carbons (Fsp3) is 0.533. The summed E-state index contributed by atoms with van der Waals surface area (Å²) < 4.78 is 39.0. The molecule has 10 heteroatoms. The standard InChI is InChI=1S/C15H25N2O6PS/c1-4-7-10-16-15(18)17-25(22,23)14-12(6-3)11(5-2)8-9-13(14)24(19,20)21/h8-9H,4-7,10H2,1-3H3,(H2,16,17,18)(H2,19,20,21). The summed E-state index contributed by atoms with van der Waals surface area (Å²) in [4.78, 5) is 30.4. The van der Waals surface area contributed by atoms with Gasteiger partial charge in [-0.1, -0.05) is 33.3 Å². The molecule has 0 aliphatic heterocycles. The molecule has 0 aromatic heterocycles. The van der Waals surface area contributed by atoms with Gasteiger partial charge in [-0.3, -0.25) is 4.57 Å². The number of urea groups is 1. The van der Waals surface area contributed by atoms with Crippen LogP contribution >= 0.6 is 7.60 Å².